The van der Waals surface area contributed by atoms with Crippen molar-refractivity contribution in [2.75, 3.05) is 26.7 Å². The molecule has 0 unspecified atom stereocenters. The number of carbonyl (C=O) groups is 2. The predicted octanol–water partition coefficient (Wildman–Crippen LogP) is 2.76. The van der Waals surface area contributed by atoms with Crippen molar-refractivity contribution in [2.24, 2.45) is 5.41 Å². The lowest BCUT2D eigenvalue weighted by atomic mass is 9.67. The summed E-state index contributed by atoms with van der Waals surface area (Å²) in [6, 6.07) is 3.56. The summed E-state index contributed by atoms with van der Waals surface area (Å²) in [5.74, 6) is -0.616. The number of hydrogen-bond acceptors (Lipinski definition) is 4. The van der Waals surface area contributed by atoms with Gasteiger partial charge >= 0.3 is 5.97 Å². The molecule has 0 bridgehead atoms. The fraction of sp³-hybridized carbons (Fsp3) is 0.619. The molecule has 1 spiro atoms. The molecule has 0 radical (unpaired) electrons. The number of halogens is 1. The molecule has 3 aliphatic rings. The van der Waals surface area contributed by atoms with Crippen molar-refractivity contribution in [3.05, 3.63) is 34.6 Å². The molecule has 0 N–H and O–H groups in total. The van der Waals surface area contributed by atoms with Crippen molar-refractivity contribution in [2.45, 2.75) is 51.6 Å². The molecule has 146 valence electrons. The number of nitrogens with zero attached hydrogens (tertiary/aromatic N) is 2. The smallest absolute Gasteiger partial charge is 0.337 e. The van der Waals surface area contributed by atoms with E-state index < -0.39 is 5.97 Å². The predicted molar refractivity (Wildman–Crippen MR) is 98.8 cm³/mol. The minimum atomic E-state index is -0.489. The number of carbonyl (C=O) groups excluding carboxylic acids is 2. The van der Waals surface area contributed by atoms with E-state index in [2.05, 4.69) is 4.90 Å². The molecule has 0 aromatic heterocycles. The molecule has 2 aliphatic heterocycles. The van der Waals surface area contributed by atoms with Gasteiger partial charge < -0.3 is 9.64 Å². The largest absolute Gasteiger partial charge is 0.465 e. The van der Waals surface area contributed by atoms with Crippen molar-refractivity contribution in [1.29, 1.82) is 0 Å². The number of esters is 1. The van der Waals surface area contributed by atoms with Crippen LogP contribution in [0.1, 0.15) is 54.1 Å². The zero-order valence-electron chi connectivity index (χ0n) is 16.1. The number of rotatable bonds is 2. The number of amides is 1. The van der Waals surface area contributed by atoms with E-state index in [9.17, 15) is 14.0 Å². The van der Waals surface area contributed by atoms with Crippen LogP contribution in [0.3, 0.4) is 0 Å². The van der Waals surface area contributed by atoms with Gasteiger partial charge in [0.1, 0.15) is 5.82 Å². The first kappa shape index (κ1) is 18.4. The maximum absolute atomic E-state index is 14.6. The fourth-order valence-corrected chi connectivity index (χ4v) is 5.07. The van der Waals surface area contributed by atoms with E-state index in [1.807, 2.05) is 4.90 Å². The van der Waals surface area contributed by atoms with Crippen LogP contribution in [0.15, 0.2) is 12.1 Å². The normalized spacial score (nSPS) is 22.3. The number of fused-ring (bicyclic) bond motifs is 1. The van der Waals surface area contributed by atoms with Crippen molar-refractivity contribution < 1.29 is 18.7 Å². The molecule has 1 saturated heterocycles. The van der Waals surface area contributed by atoms with Gasteiger partial charge in [0.15, 0.2) is 0 Å². The first-order chi connectivity index (χ1) is 12.9. The third kappa shape index (κ3) is 3.35. The van der Waals surface area contributed by atoms with Crippen molar-refractivity contribution >= 4 is 11.9 Å². The lowest BCUT2D eigenvalue weighted by Crippen LogP contribution is -2.60. The second-order valence-corrected chi connectivity index (χ2v) is 8.41. The Kier molecular flexibility index (Phi) is 4.70. The van der Waals surface area contributed by atoms with Gasteiger partial charge in [-0.25, -0.2) is 9.18 Å². The van der Waals surface area contributed by atoms with Crippen molar-refractivity contribution in [3.63, 3.8) is 0 Å². The summed E-state index contributed by atoms with van der Waals surface area (Å²) in [7, 11) is 1.31. The van der Waals surface area contributed by atoms with Crippen molar-refractivity contribution in [1.82, 2.24) is 9.80 Å². The van der Waals surface area contributed by atoms with Gasteiger partial charge in [0.25, 0.3) is 0 Å². The minimum Gasteiger partial charge on any atom is -0.465 e. The Morgan fingerprint density at radius 3 is 2.56 bits per heavy atom. The second kappa shape index (κ2) is 6.89. The Bertz CT molecular complexity index is 763. The zero-order chi connectivity index (χ0) is 19.2. The van der Waals surface area contributed by atoms with E-state index in [0.717, 1.165) is 62.9 Å². The van der Waals surface area contributed by atoms with Crippen LogP contribution in [0.25, 0.3) is 0 Å². The summed E-state index contributed by atoms with van der Waals surface area (Å²) in [6.07, 6.45) is 5.28. The molecule has 1 aromatic rings. The van der Waals surface area contributed by atoms with Gasteiger partial charge in [0, 0.05) is 50.1 Å². The summed E-state index contributed by atoms with van der Waals surface area (Å²) in [6.45, 7) is 4.96. The molecular weight excluding hydrogens is 347 g/mol. The Hall–Kier alpha value is -1.95. The summed E-state index contributed by atoms with van der Waals surface area (Å²) in [5.41, 5.74) is 2.27. The molecule has 0 atom stereocenters. The van der Waals surface area contributed by atoms with Gasteiger partial charge in [-0.15, -0.1) is 0 Å². The maximum Gasteiger partial charge on any atom is 0.337 e. The minimum absolute atomic E-state index is 0.178. The van der Waals surface area contributed by atoms with E-state index in [1.165, 1.54) is 13.2 Å². The first-order valence-electron chi connectivity index (χ1n) is 9.80. The van der Waals surface area contributed by atoms with E-state index in [4.69, 9.17) is 4.74 Å². The standard InChI is InChI=1S/C21H27FN2O3/c1-14(25)24-12-21(13-24)6-3-17(4-7-21)23-8-5-15-9-16(20(26)27-2)10-19(22)18(15)11-23/h9-10,17H,3-8,11-13H2,1-2H3. The van der Waals surface area contributed by atoms with Crippen LogP contribution >= 0.6 is 0 Å². The quantitative estimate of drug-likeness (QED) is 0.747. The van der Waals surface area contributed by atoms with Crippen LogP contribution in [-0.2, 0) is 22.5 Å². The molecule has 1 aliphatic carbocycles. The lowest BCUT2D eigenvalue weighted by Gasteiger charge is -2.54. The Morgan fingerprint density at radius 2 is 1.93 bits per heavy atom. The average Bonchev–Trinajstić information content (AvgIpc) is 2.65. The summed E-state index contributed by atoms with van der Waals surface area (Å²) in [5, 5.41) is 0. The number of hydrogen-bond donors (Lipinski definition) is 0. The average molecular weight is 374 g/mol. The molecule has 1 amide bonds. The number of benzene rings is 1. The van der Waals surface area contributed by atoms with E-state index in [1.54, 1.807) is 13.0 Å². The highest BCUT2D eigenvalue weighted by atomic mass is 19.1. The van der Waals surface area contributed by atoms with Crippen LogP contribution in [-0.4, -0.2) is 54.5 Å². The molecular formula is C21H27FN2O3. The van der Waals surface area contributed by atoms with Gasteiger partial charge in [0.2, 0.25) is 5.91 Å². The van der Waals surface area contributed by atoms with Crippen LogP contribution in [0, 0.1) is 11.2 Å². The summed E-state index contributed by atoms with van der Waals surface area (Å²) in [4.78, 5) is 27.5. The molecule has 1 aromatic carbocycles. The summed E-state index contributed by atoms with van der Waals surface area (Å²) < 4.78 is 19.3. The third-order valence-corrected chi connectivity index (χ3v) is 6.77. The Labute approximate surface area is 159 Å². The number of likely N-dealkylation sites (tertiary alicyclic amines) is 1. The highest BCUT2D eigenvalue weighted by molar-refractivity contribution is 5.89. The molecule has 1 saturated carbocycles. The monoisotopic (exact) mass is 374 g/mol. The molecule has 4 rings (SSSR count). The van der Waals surface area contributed by atoms with E-state index in [0.29, 0.717) is 23.6 Å². The molecule has 27 heavy (non-hydrogen) atoms. The van der Waals surface area contributed by atoms with Crippen molar-refractivity contribution in [3.8, 4) is 0 Å². The zero-order valence-corrected chi connectivity index (χ0v) is 16.1. The van der Waals surface area contributed by atoms with E-state index >= 15 is 0 Å². The topological polar surface area (TPSA) is 49.9 Å². The number of methoxy groups -OCH3 is 1. The Balaban J connectivity index is 1.39. The molecule has 5 nitrogen and oxygen atoms in total. The Morgan fingerprint density at radius 1 is 1.22 bits per heavy atom. The first-order valence-corrected chi connectivity index (χ1v) is 9.80. The third-order valence-electron chi connectivity index (χ3n) is 6.77. The van der Waals surface area contributed by atoms with Crippen LogP contribution in [0.2, 0.25) is 0 Å². The highest BCUT2D eigenvalue weighted by Gasteiger charge is 2.46. The maximum atomic E-state index is 14.6. The molecule has 6 heteroatoms. The fourth-order valence-electron chi connectivity index (χ4n) is 5.07. The number of ether oxygens (including phenoxy) is 1. The highest BCUT2D eigenvalue weighted by Crippen LogP contribution is 2.45. The van der Waals surface area contributed by atoms with Gasteiger partial charge in [-0.1, -0.05) is 0 Å². The van der Waals surface area contributed by atoms with Crippen LogP contribution in [0.5, 0.6) is 0 Å². The van der Waals surface area contributed by atoms with Gasteiger partial charge in [-0.05, 0) is 49.8 Å². The van der Waals surface area contributed by atoms with Gasteiger partial charge in [-0.2, -0.15) is 0 Å². The second-order valence-electron chi connectivity index (χ2n) is 8.41. The van der Waals surface area contributed by atoms with Crippen LogP contribution in [0.4, 0.5) is 4.39 Å². The lowest BCUT2D eigenvalue weighted by molar-refractivity contribution is -0.144. The summed E-state index contributed by atoms with van der Waals surface area (Å²) >= 11 is 0. The molecule has 2 fully saturated rings. The van der Waals surface area contributed by atoms with Gasteiger partial charge in [-0.3, -0.25) is 9.69 Å². The van der Waals surface area contributed by atoms with E-state index in [-0.39, 0.29) is 11.7 Å². The van der Waals surface area contributed by atoms with Crippen LogP contribution < -0.4 is 0 Å². The SMILES string of the molecule is COC(=O)c1cc(F)c2c(c1)CCN(C1CCC3(CC1)CN(C(C)=O)C3)C2. The van der Waals surface area contributed by atoms with Gasteiger partial charge in [0.05, 0.1) is 12.7 Å². The molecule has 2 heterocycles.